The van der Waals surface area contributed by atoms with Gasteiger partial charge in [0, 0.05) is 0 Å². The van der Waals surface area contributed by atoms with Gasteiger partial charge in [-0.15, -0.1) is 0 Å². The van der Waals surface area contributed by atoms with E-state index in [1.165, 1.54) is 12.8 Å². The summed E-state index contributed by atoms with van der Waals surface area (Å²) in [5, 5.41) is 0. The fourth-order valence-electron chi connectivity index (χ4n) is 2.03. The van der Waals surface area contributed by atoms with Gasteiger partial charge in [-0.1, -0.05) is 30.7 Å². The number of ketones is 1. The van der Waals surface area contributed by atoms with Gasteiger partial charge in [-0.2, -0.15) is 0 Å². The van der Waals surface area contributed by atoms with Crippen molar-refractivity contribution in [1.82, 2.24) is 0 Å². The third kappa shape index (κ3) is 3.74. The van der Waals surface area contributed by atoms with Crippen LogP contribution in [-0.4, -0.2) is 12.4 Å². The number of allylic oxidation sites excluding steroid dienone is 1. The summed E-state index contributed by atoms with van der Waals surface area (Å²) in [6.45, 7) is 0.163. The molecule has 0 unspecified atom stereocenters. The third-order valence-corrected chi connectivity index (χ3v) is 3.01. The van der Waals surface area contributed by atoms with E-state index in [-0.39, 0.29) is 12.4 Å². The predicted molar refractivity (Wildman–Crippen MR) is 68.1 cm³/mol. The molecule has 0 aromatic heterocycles. The van der Waals surface area contributed by atoms with Crippen molar-refractivity contribution in [2.45, 2.75) is 32.1 Å². The summed E-state index contributed by atoms with van der Waals surface area (Å²) in [5.41, 5.74) is 0.957. The number of hydrogen-bond acceptors (Lipinski definition) is 2. The Morgan fingerprint density at radius 1 is 1.12 bits per heavy atom. The molecule has 0 fully saturated rings. The van der Waals surface area contributed by atoms with Gasteiger partial charge in [0.15, 0.2) is 12.4 Å². The van der Waals surface area contributed by atoms with Crippen LogP contribution in [0.2, 0.25) is 0 Å². The molecule has 0 amide bonds. The molecule has 90 valence electrons. The first kappa shape index (κ1) is 11.9. The van der Waals surface area contributed by atoms with Crippen molar-refractivity contribution in [3.8, 4) is 5.75 Å². The van der Waals surface area contributed by atoms with Crippen LogP contribution >= 0.6 is 0 Å². The first-order chi connectivity index (χ1) is 8.36. The Bertz CT molecular complexity index is 393. The quantitative estimate of drug-likeness (QED) is 0.791. The number of carbonyl (C=O) groups is 1. The summed E-state index contributed by atoms with van der Waals surface area (Å²) in [6.07, 6.45) is 7.60. The molecule has 2 nitrogen and oxygen atoms in total. The average Bonchev–Trinajstić information content (AvgIpc) is 2.66. The number of benzene rings is 1. The first-order valence-corrected chi connectivity index (χ1v) is 6.26. The van der Waals surface area contributed by atoms with Gasteiger partial charge in [0.2, 0.25) is 0 Å². The van der Waals surface area contributed by atoms with Gasteiger partial charge in [-0.25, -0.2) is 0 Å². The molecule has 0 saturated heterocycles. The Hall–Kier alpha value is -1.57. The van der Waals surface area contributed by atoms with E-state index in [2.05, 4.69) is 6.08 Å². The summed E-state index contributed by atoms with van der Waals surface area (Å²) in [6, 6.07) is 9.49. The maximum absolute atomic E-state index is 11.9. The third-order valence-electron chi connectivity index (χ3n) is 3.01. The van der Waals surface area contributed by atoms with E-state index in [1.807, 2.05) is 30.3 Å². The van der Waals surface area contributed by atoms with Gasteiger partial charge >= 0.3 is 0 Å². The molecule has 0 spiro atoms. The SMILES string of the molecule is O=C(COc1ccccc1)C1=CCCCCC1. The van der Waals surface area contributed by atoms with Crippen LogP contribution in [0.4, 0.5) is 0 Å². The van der Waals surface area contributed by atoms with Gasteiger partial charge < -0.3 is 4.74 Å². The maximum atomic E-state index is 11.9. The zero-order valence-electron chi connectivity index (χ0n) is 10.0. The molecule has 0 aliphatic heterocycles. The highest BCUT2D eigenvalue weighted by molar-refractivity contribution is 5.96. The Labute approximate surface area is 102 Å². The van der Waals surface area contributed by atoms with E-state index in [0.717, 1.165) is 30.6 Å². The summed E-state index contributed by atoms with van der Waals surface area (Å²) < 4.78 is 5.47. The van der Waals surface area contributed by atoms with Gasteiger partial charge in [-0.05, 0) is 43.4 Å². The molecule has 1 aromatic rings. The summed E-state index contributed by atoms with van der Waals surface area (Å²) in [4.78, 5) is 11.9. The molecule has 17 heavy (non-hydrogen) atoms. The van der Waals surface area contributed by atoms with E-state index < -0.39 is 0 Å². The second kappa shape index (κ2) is 6.24. The van der Waals surface area contributed by atoms with Crippen molar-refractivity contribution < 1.29 is 9.53 Å². The van der Waals surface area contributed by atoms with E-state index in [1.54, 1.807) is 0 Å². The average molecular weight is 230 g/mol. The zero-order valence-corrected chi connectivity index (χ0v) is 10.0. The van der Waals surface area contributed by atoms with Gasteiger partial charge in [0.05, 0.1) is 0 Å². The lowest BCUT2D eigenvalue weighted by molar-refractivity contribution is -0.117. The number of para-hydroxylation sites is 1. The molecule has 0 radical (unpaired) electrons. The Morgan fingerprint density at radius 3 is 2.76 bits per heavy atom. The molecular weight excluding hydrogens is 212 g/mol. The molecule has 1 aliphatic carbocycles. The number of hydrogen-bond donors (Lipinski definition) is 0. The van der Waals surface area contributed by atoms with Crippen molar-refractivity contribution in [3.05, 3.63) is 42.0 Å². The summed E-state index contributed by atoms with van der Waals surface area (Å²) >= 11 is 0. The highest BCUT2D eigenvalue weighted by atomic mass is 16.5. The molecule has 0 bridgehead atoms. The van der Waals surface area contributed by atoms with Crippen molar-refractivity contribution in [2.75, 3.05) is 6.61 Å². The van der Waals surface area contributed by atoms with Gasteiger partial charge in [0.25, 0.3) is 0 Å². The highest BCUT2D eigenvalue weighted by Crippen LogP contribution is 2.18. The topological polar surface area (TPSA) is 26.3 Å². The van der Waals surface area contributed by atoms with Crippen molar-refractivity contribution in [3.63, 3.8) is 0 Å². The van der Waals surface area contributed by atoms with Crippen molar-refractivity contribution in [2.24, 2.45) is 0 Å². The fourth-order valence-corrected chi connectivity index (χ4v) is 2.03. The van der Waals surface area contributed by atoms with Crippen molar-refractivity contribution >= 4 is 5.78 Å². The van der Waals surface area contributed by atoms with Crippen LogP contribution in [0.15, 0.2) is 42.0 Å². The minimum absolute atomic E-state index is 0.135. The van der Waals surface area contributed by atoms with Gasteiger partial charge in [0.1, 0.15) is 5.75 Å². The standard InChI is InChI=1S/C15H18O2/c16-15(13-8-4-1-2-5-9-13)12-17-14-10-6-3-7-11-14/h3,6-8,10-11H,1-2,4-5,9,12H2. The first-order valence-electron chi connectivity index (χ1n) is 6.26. The smallest absolute Gasteiger partial charge is 0.195 e. The predicted octanol–water partition coefficient (Wildman–Crippen LogP) is 3.53. The fraction of sp³-hybridized carbons (Fsp3) is 0.400. The summed E-state index contributed by atoms with van der Waals surface area (Å²) in [5.74, 6) is 0.894. The second-order valence-corrected chi connectivity index (χ2v) is 4.35. The summed E-state index contributed by atoms with van der Waals surface area (Å²) in [7, 11) is 0. The molecule has 0 saturated carbocycles. The normalized spacial score (nSPS) is 15.9. The minimum atomic E-state index is 0.135. The number of ether oxygens (including phenoxy) is 1. The van der Waals surface area contributed by atoms with E-state index in [4.69, 9.17) is 4.74 Å². The maximum Gasteiger partial charge on any atom is 0.195 e. The lowest BCUT2D eigenvalue weighted by atomic mass is 10.1. The largest absolute Gasteiger partial charge is 0.485 e. The van der Waals surface area contributed by atoms with E-state index in [0.29, 0.717) is 0 Å². The lowest BCUT2D eigenvalue weighted by Crippen LogP contribution is -2.13. The van der Waals surface area contributed by atoms with Crippen LogP contribution in [0.3, 0.4) is 0 Å². The molecular formula is C15H18O2. The van der Waals surface area contributed by atoms with Gasteiger partial charge in [-0.3, -0.25) is 4.79 Å². The van der Waals surface area contributed by atoms with Crippen LogP contribution in [0, 0.1) is 0 Å². The van der Waals surface area contributed by atoms with Crippen LogP contribution in [0.1, 0.15) is 32.1 Å². The number of rotatable bonds is 4. The minimum Gasteiger partial charge on any atom is -0.485 e. The molecule has 2 heteroatoms. The molecule has 2 rings (SSSR count). The van der Waals surface area contributed by atoms with E-state index >= 15 is 0 Å². The zero-order chi connectivity index (χ0) is 11.9. The Balaban J connectivity index is 1.86. The lowest BCUT2D eigenvalue weighted by Gasteiger charge is -2.07. The molecule has 1 aliphatic rings. The molecule has 0 N–H and O–H groups in total. The number of carbonyl (C=O) groups excluding carboxylic acids is 1. The monoisotopic (exact) mass is 230 g/mol. The second-order valence-electron chi connectivity index (χ2n) is 4.35. The molecule has 0 atom stereocenters. The highest BCUT2D eigenvalue weighted by Gasteiger charge is 2.11. The van der Waals surface area contributed by atoms with Crippen LogP contribution < -0.4 is 4.74 Å². The molecule has 1 aromatic carbocycles. The van der Waals surface area contributed by atoms with Crippen molar-refractivity contribution in [1.29, 1.82) is 0 Å². The Kier molecular flexibility index (Phi) is 4.37. The van der Waals surface area contributed by atoms with Crippen LogP contribution in [-0.2, 0) is 4.79 Å². The number of Topliss-reactive ketones (excluding diaryl/α,β-unsaturated/α-hetero) is 1. The van der Waals surface area contributed by atoms with Crippen LogP contribution in [0.25, 0.3) is 0 Å². The Morgan fingerprint density at radius 2 is 1.94 bits per heavy atom. The molecule has 0 heterocycles. The van der Waals surface area contributed by atoms with Crippen LogP contribution in [0.5, 0.6) is 5.75 Å². The van der Waals surface area contributed by atoms with E-state index in [9.17, 15) is 4.79 Å².